The molecule has 0 aliphatic rings. The fourth-order valence-electron chi connectivity index (χ4n) is 2.18. The van der Waals surface area contributed by atoms with Crippen LogP contribution in [0.15, 0.2) is 48.5 Å². The Hall–Kier alpha value is -3.19. The summed E-state index contributed by atoms with van der Waals surface area (Å²) in [5.41, 5.74) is 1.58. The van der Waals surface area contributed by atoms with E-state index < -0.39 is 18.5 Å². The van der Waals surface area contributed by atoms with Gasteiger partial charge in [-0.25, -0.2) is 0 Å². The second kappa shape index (κ2) is 10.2. The molecule has 2 N–H and O–H groups in total. The van der Waals surface area contributed by atoms with Gasteiger partial charge in [-0.15, -0.1) is 0 Å². The molecule has 0 bridgehead atoms. The predicted molar refractivity (Wildman–Crippen MR) is 105 cm³/mol. The number of ether oxygens (including phenoxy) is 1. The van der Waals surface area contributed by atoms with E-state index in [1.807, 2.05) is 0 Å². The molecule has 2 rings (SSSR count). The maximum Gasteiger partial charge on any atom is 0.306 e. The molecule has 0 unspecified atom stereocenters. The zero-order valence-electron chi connectivity index (χ0n) is 15.2. The number of Topliss-reactive ketones (excluding diaryl/α,β-unsaturated/α-hetero) is 1. The molecule has 0 aliphatic carbocycles. The molecule has 8 heteroatoms. The zero-order valence-corrected chi connectivity index (χ0v) is 15.9. The number of carbonyl (C=O) groups is 4. The average Bonchev–Trinajstić information content (AvgIpc) is 2.67. The lowest BCUT2D eigenvalue weighted by atomic mass is 10.1. The minimum atomic E-state index is -0.659. The molecule has 2 aromatic rings. The fraction of sp³-hybridized carbons (Fsp3) is 0.200. The quantitative estimate of drug-likeness (QED) is 0.520. The third kappa shape index (κ3) is 7.20. The predicted octanol–water partition coefficient (Wildman–Crippen LogP) is 3.44. The number of ketones is 1. The Balaban J connectivity index is 1.68. The first-order valence-electron chi connectivity index (χ1n) is 8.45. The van der Waals surface area contributed by atoms with Crippen LogP contribution in [0.25, 0.3) is 0 Å². The Morgan fingerprint density at radius 2 is 1.36 bits per heavy atom. The van der Waals surface area contributed by atoms with E-state index in [1.165, 1.54) is 6.92 Å². The van der Waals surface area contributed by atoms with Crippen molar-refractivity contribution < 1.29 is 23.9 Å². The van der Waals surface area contributed by atoms with Crippen LogP contribution in [0.3, 0.4) is 0 Å². The Morgan fingerprint density at radius 3 is 1.93 bits per heavy atom. The first kappa shape index (κ1) is 21.1. The van der Waals surface area contributed by atoms with Crippen LogP contribution in [-0.4, -0.2) is 30.2 Å². The highest BCUT2D eigenvalue weighted by molar-refractivity contribution is 6.30. The number of nitrogens with one attached hydrogen (secondary N) is 2. The van der Waals surface area contributed by atoms with Crippen LogP contribution in [0.2, 0.25) is 5.02 Å². The molecule has 28 heavy (non-hydrogen) atoms. The summed E-state index contributed by atoms with van der Waals surface area (Å²) in [6, 6.07) is 12.9. The summed E-state index contributed by atoms with van der Waals surface area (Å²) >= 11 is 5.76. The Labute approximate surface area is 167 Å². The van der Waals surface area contributed by atoms with E-state index in [2.05, 4.69) is 10.6 Å². The fourth-order valence-corrected chi connectivity index (χ4v) is 2.30. The molecule has 0 aliphatic heterocycles. The van der Waals surface area contributed by atoms with Crippen LogP contribution >= 0.6 is 11.6 Å². The van der Waals surface area contributed by atoms with Gasteiger partial charge in [-0.2, -0.15) is 0 Å². The van der Waals surface area contributed by atoms with E-state index in [-0.39, 0.29) is 24.5 Å². The minimum absolute atomic E-state index is 0.0738. The Morgan fingerprint density at radius 1 is 0.821 bits per heavy atom. The molecule has 146 valence electrons. The van der Waals surface area contributed by atoms with Gasteiger partial charge in [0.2, 0.25) is 5.91 Å². The number of anilines is 2. The van der Waals surface area contributed by atoms with Gasteiger partial charge in [0, 0.05) is 28.4 Å². The lowest BCUT2D eigenvalue weighted by Crippen LogP contribution is -2.21. The second-order valence-corrected chi connectivity index (χ2v) is 6.33. The van der Waals surface area contributed by atoms with Crippen LogP contribution in [-0.2, 0) is 19.1 Å². The molecule has 2 amide bonds. The van der Waals surface area contributed by atoms with E-state index in [0.717, 1.165) is 0 Å². The number of rotatable bonds is 8. The normalized spacial score (nSPS) is 10.1. The first-order chi connectivity index (χ1) is 13.3. The number of halogens is 1. The molecule has 0 radical (unpaired) electrons. The highest BCUT2D eigenvalue weighted by Crippen LogP contribution is 2.14. The molecule has 0 aromatic heterocycles. The summed E-state index contributed by atoms with van der Waals surface area (Å²) in [6.07, 6.45) is -0.227. The van der Waals surface area contributed by atoms with Crippen LogP contribution in [0, 0.1) is 0 Å². The molecule has 0 fully saturated rings. The van der Waals surface area contributed by atoms with Gasteiger partial charge in [0.1, 0.15) is 0 Å². The lowest BCUT2D eigenvalue weighted by molar-refractivity contribution is -0.147. The molecule has 0 atom stereocenters. The van der Waals surface area contributed by atoms with Crippen molar-refractivity contribution >= 4 is 46.5 Å². The minimum Gasteiger partial charge on any atom is -0.456 e. The number of amides is 2. The van der Waals surface area contributed by atoms with E-state index in [0.29, 0.717) is 22.0 Å². The van der Waals surface area contributed by atoms with Crippen molar-refractivity contribution in [1.29, 1.82) is 0 Å². The van der Waals surface area contributed by atoms with Gasteiger partial charge in [0.25, 0.3) is 5.91 Å². The van der Waals surface area contributed by atoms with Gasteiger partial charge >= 0.3 is 5.97 Å². The second-order valence-electron chi connectivity index (χ2n) is 5.90. The van der Waals surface area contributed by atoms with Gasteiger partial charge in [-0.3, -0.25) is 19.2 Å². The van der Waals surface area contributed by atoms with Crippen LogP contribution in [0.4, 0.5) is 11.4 Å². The molecule has 7 nitrogen and oxygen atoms in total. The highest BCUT2D eigenvalue weighted by atomic mass is 35.5. The smallest absolute Gasteiger partial charge is 0.306 e. The van der Waals surface area contributed by atoms with E-state index in [9.17, 15) is 19.2 Å². The van der Waals surface area contributed by atoms with Gasteiger partial charge in [-0.1, -0.05) is 11.6 Å². The van der Waals surface area contributed by atoms with Gasteiger partial charge in [-0.05, 0) is 55.5 Å². The average molecular weight is 403 g/mol. The Kier molecular flexibility index (Phi) is 7.71. The largest absolute Gasteiger partial charge is 0.456 e. The maximum absolute atomic E-state index is 11.8. The standard InChI is InChI=1S/C20H19ClN2O5/c1-13(24)14-2-6-16(7-3-14)23-19(26)12-28-20(27)11-10-18(25)22-17-8-4-15(21)5-9-17/h2-9H,10-12H2,1H3,(H,22,25)(H,23,26). The Bertz CT molecular complexity index is 863. The van der Waals surface area contributed by atoms with E-state index in [4.69, 9.17) is 16.3 Å². The molecule has 0 heterocycles. The number of carbonyl (C=O) groups excluding carboxylic acids is 4. The van der Waals surface area contributed by atoms with Crippen molar-refractivity contribution in [3.63, 3.8) is 0 Å². The van der Waals surface area contributed by atoms with Crippen molar-refractivity contribution in [2.24, 2.45) is 0 Å². The molecule has 0 spiro atoms. The molecule has 0 saturated heterocycles. The third-order valence-corrected chi connectivity index (χ3v) is 3.88. The topological polar surface area (TPSA) is 102 Å². The zero-order chi connectivity index (χ0) is 20.5. The summed E-state index contributed by atoms with van der Waals surface area (Å²) in [5, 5.41) is 5.72. The van der Waals surface area contributed by atoms with Crippen LogP contribution < -0.4 is 10.6 Å². The number of benzene rings is 2. The van der Waals surface area contributed by atoms with Crippen LogP contribution in [0.5, 0.6) is 0 Å². The van der Waals surface area contributed by atoms with Gasteiger partial charge < -0.3 is 15.4 Å². The lowest BCUT2D eigenvalue weighted by Gasteiger charge is -2.08. The van der Waals surface area contributed by atoms with Crippen molar-refractivity contribution in [1.82, 2.24) is 0 Å². The molecular weight excluding hydrogens is 384 g/mol. The summed E-state index contributed by atoms with van der Waals surface area (Å²) in [5.74, 6) is -1.61. The van der Waals surface area contributed by atoms with Crippen molar-refractivity contribution in [2.45, 2.75) is 19.8 Å². The highest BCUT2D eigenvalue weighted by Gasteiger charge is 2.11. The van der Waals surface area contributed by atoms with E-state index >= 15 is 0 Å². The first-order valence-corrected chi connectivity index (χ1v) is 8.83. The summed E-state index contributed by atoms with van der Waals surface area (Å²) in [7, 11) is 0. The third-order valence-electron chi connectivity index (χ3n) is 3.62. The molecule has 2 aromatic carbocycles. The summed E-state index contributed by atoms with van der Waals surface area (Å²) in [4.78, 5) is 46.5. The summed E-state index contributed by atoms with van der Waals surface area (Å²) in [6.45, 7) is 0.981. The molecular formula is C20H19ClN2O5. The maximum atomic E-state index is 11.8. The number of esters is 1. The van der Waals surface area contributed by atoms with Gasteiger partial charge in [0.05, 0.1) is 6.42 Å². The van der Waals surface area contributed by atoms with Crippen molar-refractivity contribution in [3.05, 3.63) is 59.1 Å². The monoisotopic (exact) mass is 402 g/mol. The number of hydrogen-bond acceptors (Lipinski definition) is 5. The van der Waals surface area contributed by atoms with Crippen molar-refractivity contribution in [3.8, 4) is 0 Å². The number of hydrogen-bond donors (Lipinski definition) is 2. The summed E-state index contributed by atoms with van der Waals surface area (Å²) < 4.78 is 4.85. The van der Waals surface area contributed by atoms with Gasteiger partial charge in [0.15, 0.2) is 12.4 Å². The molecule has 0 saturated carbocycles. The van der Waals surface area contributed by atoms with E-state index in [1.54, 1.807) is 48.5 Å². The van der Waals surface area contributed by atoms with Crippen molar-refractivity contribution in [2.75, 3.05) is 17.2 Å². The SMILES string of the molecule is CC(=O)c1ccc(NC(=O)COC(=O)CCC(=O)Nc2ccc(Cl)cc2)cc1. The van der Waals surface area contributed by atoms with Crippen LogP contribution in [0.1, 0.15) is 30.1 Å².